The zero-order valence-corrected chi connectivity index (χ0v) is 15.7. The molecule has 3 aromatic rings. The molecule has 26 heavy (non-hydrogen) atoms. The summed E-state index contributed by atoms with van der Waals surface area (Å²) in [6, 6.07) is 11.8. The minimum absolute atomic E-state index is 0.0586. The number of rotatable bonds is 4. The van der Waals surface area contributed by atoms with Crippen LogP contribution in [-0.2, 0) is 16.0 Å². The van der Waals surface area contributed by atoms with Gasteiger partial charge in [0.2, 0.25) is 0 Å². The number of fused-ring (bicyclic) bond motifs is 1. The van der Waals surface area contributed by atoms with Crippen molar-refractivity contribution in [3.63, 3.8) is 0 Å². The molecule has 0 saturated carbocycles. The molecule has 5 nitrogen and oxygen atoms in total. The van der Waals surface area contributed by atoms with Gasteiger partial charge in [-0.15, -0.1) is 22.7 Å². The summed E-state index contributed by atoms with van der Waals surface area (Å²) in [6.45, 7) is 1.71. The quantitative estimate of drug-likeness (QED) is 0.638. The van der Waals surface area contributed by atoms with Crippen molar-refractivity contribution in [2.24, 2.45) is 0 Å². The smallest absolute Gasteiger partial charge is 0.358 e. The molecule has 0 radical (unpaired) electrons. The van der Waals surface area contributed by atoms with Crippen molar-refractivity contribution in [1.29, 1.82) is 0 Å². The molecule has 2 aromatic heterocycles. The average Bonchev–Trinajstić information content (AvgIpc) is 3.36. The Morgan fingerprint density at radius 3 is 2.88 bits per heavy atom. The Hall–Kier alpha value is -2.51. The van der Waals surface area contributed by atoms with E-state index in [-0.39, 0.29) is 24.2 Å². The number of esters is 1. The van der Waals surface area contributed by atoms with Crippen LogP contribution >= 0.6 is 22.7 Å². The van der Waals surface area contributed by atoms with Crippen LogP contribution in [0.2, 0.25) is 0 Å². The third-order valence-corrected chi connectivity index (χ3v) is 6.13. The summed E-state index contributed by atoms with van der Waals surface area (Å²) in [7, 11) is 0. The van der Waals surface area contributed by atoms with Crippen molar-refractivity contribution < 1.29 is 14.3 Å². The summed E-state index contributed by atoms with van der Waals surface area (Å²) >= 11 is 2.95. The van der Waals surface area contributed by atoms with E-state index in [0.29, 0.717) is 0 Å². The Balaban J connectivity index is 1.41. The number of hydrogen-bond donors (Lipinski definition) is 0. The van der Waals surface area contributed by atoms with E-state index < -0.39 is 5.97 Å². The molecule has 0 aliphatic carbocycles. The highest BCUT2D eigenvalue weighted by atomic mass is 32.1. The highest BCUT2D eigenvalue weighted by Crippen LogP contribution is 2.32. The largest absolute Gasteiger partial charge is 0.451 e. The lowest BCUT2D eigenvalue weighted by Crippen LogP contribution is -2.38. The number of aromatic nitrogens is 1. The van der Waals surface area contributed by atoms with Crippen LogP contribution in [0.1, 0.15) is 23.0 Å². The number of hydrogen-bond acceptors (Lipinski definition) is 6. The lowest BCUT2D eigenvalue weighted by Gasteiger charge is -2.22. The maximum atomic E-state index is 12.6. The molecule has 0 N–H and O–H groups in total. The highest BCUT2D eigenvalue weighted by Gasteiger charge is 2.31. The number of anilines is 1. The van der Waals surface area contributed by atoms with Crippen LogP contribution in [0.5, 0.6) is 0 Å². The zero-order chi connectivity index (χ0) is 18.1. The van der Waals surface area contributed by atoms with Crippen LogP contribution in [0.25, 0.3) is 9.88 Å². The maximum absolute atomic E-state index is 12.6. The Bertz CT molecular complexity index is 949. The van der Waals surface area contributed by atoms with Crippen LogP contribution in [0, 0.1) is 0 Å². The molecule has 0 bridgehead atoms. The molecular formula is C19H16N2O3S2. The van der Waals surface area contributed by atoms with Gasteiger partial charge in [0, 0.05) is 17.1 Å². The minimum Gasteiger partial charge on any atom is -0.451 e. The molecule has 1 aliphatic rings. The monoisotopic (exact) mass is 384 g/mol. The number of ether oxygens (including phenoxy) is 1. The molecule has 7 heteroatoms. The van der Waals surface area contributed by atoms with Gasteiger partial charge in [0.25, 0.3) is 5.91 Å². The lowest BCUT2D eigenvalue weighted by molar-refractivity contribution is -0.122. The molecular weight excluding hydrogens is 368 g/mol. The molecule has 132 valence electrons. The van der Waals surface area contributed by atoms with Crippen molar-refractivity contribution in [2.45, 2.75) is 19.4 Å². The standard InChI is InChI=1S/C19H16N2O3S2/c1-12-9-13-5-2-3-6-15(13)21(12)17(22)10-24-19(23)14-11-26-18(20-14)16-7-4-8-25-16/h2-8,11-12H,9-10H2,1H3/t12-/m0/s1. The van der Waals surface area contributed by atoms with Gasteiger partial charge >= 0.3 is 5.97 Å². The molecule has 1 amide bonds. The number of carbonyl (C=O) groups excluding carboxylic acids is 2. The number of thiophene rings is 1. The Morgan fingerprint density at radius 1 is 1.23 bits per heavy atom. The first-order chi connectivity index (χ1) is 12.6. The first-order valence-corrected chi connectivity index (χ1v) is 9.96. The number of para-hydroxylation sites is 1. The van der Waals surface area contributed by atoms with Gasteiger partial charge < -0.3 is 9.64 Å². The number of nitrogens with zero attached hydrogens (tertiary/aromatic N) is 2. The van der Waals surface area contributed by atoms with Crippen LogP contribution in [-0.4, -0.2) is 29.5 Å². The average molecular weight is 384 g/mol. The second-order valence-electron chi connectivity index (χ2n) is 6.04. The topological polar surface area (TPSA) is 59.5 Å². The van der Waals surface area contributed by atoms with Gasteiger partial charge in [0.15, 0.2) is 12.3 Å². The molecule has 0 spiro atoms. The van der Waals surface area contributed by atoms with Crippen molar-refractivity contribution >= 4 is 40.2 Å². The van der Waals surface area contributed by atoms with E-state index in [1.807, 2.05) is 48.7 Å². The third-order valence-electron chi connectivity index (χ3n) is 4.25. The highest BCUT2D eigenvalue weighted by molar-refractivity contribution is 7.20. The molecule has 3 heterocycles. The fraction of sp³-hybridized carbons (Fsp3) is 0.211. The summed E-state index contributed by atoms with van der Waals surface area (Å²) in [5, 5.41) is 4.40. The molecule has 4 rings (SSSR count). The van der Waals surface area contributed by atoms with Gasteiger partial charge in [-0.2, -0.15) is 0 Å². The normalized spacial score (nSPS) is 15.7. The van der Waals surface area contributed by atoms with Gasteiger partial charge in [-0.25, -0.2) is 9.78 Å². The Kier molecular flexibility index (Phi) is 4.57. The van der Waals surface area contributed by atoms with E-state index in [9.17, 15) is 9.59 Å². The minimum atomic E-state index is -0.572. The van der Waals surface area contributed by atoms with Gasteiger partial charge in [0.05, 0.1) is 4.88 Å². The van der Waals surface area contributed by atoms with E-state index in [0.717, 1.165) is 27.6 Å². The van der Waals surface area contributed by atoms with E-state index in [4.69, 9.17) is 4.74 Å². The number of benzene rings is 1. The number of amides is 1. The number of carbonyl (C=O) groups is 2. The molecule has 1 atom stereocenters. The van der Waals surface area contributed by atoms with Crippen molar-refractivity contribution in [1.82, 2.24) is 4.98 Å². The first-order valence-electron chi connectivity index (χ1n) is 8.20. The van der Waals surface area contributed by atoms with Crippen molar-refractivity contribution in [3.05, 3.63) is 58.4 Å². The summed E-state index contributed by atoms with van der Waals surface area (Å²) in [5.41, 5.74) is 2.27. The molecule has 1 aromatic carbocycles. The fourth-order valence-corrected chi connectivity index (χ4v) is 4.70. The van der Waals surface area contributed by atoms with Crippen LogP contribution in [0.3, 0.4) is 0 Å². The van der Waals surface area contributed by atoms with E-state index in [2.05, 4.69) is 4.98 Å². The van der Waals surface area contributed by atoms with Crippen molar-refractivity contribution in [2.75, 3.05) is 11.5 Å². The van der Waals surface area contributed by atoms with E-state index in [1.165, 1.54) is 11.3 Å². The number of thiazole rings is 1. The predicted octanol–water partition coefficient (Wildman–Crippen LogP) is 4.01. The van der Waals surface area contributed by atoms with Gasteiger partial charge in [-0.1, -0.05) is 24.3 Å². The SMILES string of the molecule is C[C@H]1Cc2ccccc2N1C(=O)COC(=O)c1csc(-c2cccs2)n1. The van der Waals surface area contributed by atoms with Gasteiger partial charge in [-0.05, 0) is 36.4 Å². The summed E-state index contributed by atoms with van der Waals surface area (Å²) in [4.78, 5) is 31.8. The van der Waals surface area contributed by atoms with Gasteiger partial charge in [0.1, 0.15) is 5.01 Å². The fourth-order valence-electron chi connectivity index (χ4n) is 3.10. The molecule has 1 aliphatic heterocycles. The Morgan fingerprint density at radius 2 is 2.08 bits per heavy atom. The summed E-state index contributed by atoms with van der Waals surface area (Å²) < 4.78 is 5.21. The van der Waals surface area contributed by atoms with E-state index >= 15 is 0 Å². The lowest BCUT2D eigenvalue weighted by atomic mass is 10.1. The predicted molar refractivity (Wildman–Crippen MR) is 103 cm³/mol. The van der Waals surface area contributed by atoms with Crippen LogP contribution in [0.15, 0.2) is 47.2 Å². The third kappa shape index (κ3) is 3.15. The molecule has 0 unspecified atom stereocenters. The van der Waals surface area contributed by atoms with Crippen molar-refractivity contribution in [3.8, 4) is 9.88 Å². The first kappa shape index (κ1) is 16.9. The molecule has 0 saturated heterocycles. The van der Waals surface area contributed by atoms with Crippen LogP contribution in [0.4, 0.5) is 5.69 Å². The summed E-state index contributed by atoms with van der Waals surface area (Å²) in [6.07, 6.45) is 0.812. The molecule has 0 fully saturated rings. The zero-order valence-electron chi connectivity index (χ0n) is 14.0. The Labute approximate surface area is 158 Å². The van der Waals surface area contributed by atoms with E-state index in [1.54, 1.807) is 21.6 Å². The summed E-state index contributed by atoms with van der Waals surface area (Å²) in [5.74, 6) is -0.790. The second kappa shape index (κ2) is 7.01. The van der Waals surface area contributed by atoms with Crippen LogP contribution < -0.4 is 4.90 Å². The second-order valence-corrected chi connectivity index (χ2v) is 7.84. The maximum Gasteiger partial charge on any atom is 0.358 e. The van der Waals surface area contributed by atoms with Gasteiger partial charge in [-0.3, -0.25) is 4.79 Å².